The van der Waals surface area contributed by atoms with Crippen molar-refractivity contribution >= 4 is 46.7 Å². The number of nitrogens with one attached hydrogen (secondary N) is 2. The Morgan fingerprint density at radius 1 is 0.366 bits per heavy atom. The van der Waals surface area contributed by atoms with Crippen LogP contribution in [0.2, 0.25) is 10.0 Å². The average Bonchev–Trinajstić information content (AvgIpc) is 0.813. The summed E-state index contributed by atoms with van der Waals surface area (Å²) in [6.45, 7) is 12.0. The first-order valence-corrected chi connectivity index (χ1v) is 38.0. The molecule has 112 heavy (non-hydrogen) atoms. The molecule has 618 valence electrons. The van der Waals surface area contributed by atoms with E-state index in [9.17, 15) is 54.4 Å². The van der Waals surface area contributed by atoms with Gasteiger partial charge >= 0.3 is 5.97 Å². The summed E-state index contributed by atoms with van der Waals surface area (Å²) >= 11 is 12.0. The molecule has 6 aromatic rings. The van der Waals surface area contributed by atoms with Crippen LogP contribution in [0.5, 0.6) is 5.75 Å². The molecule has 1 aliphatic heterocycles. The minimum Gasteiger partial charge on any atom is -0.425 e. The van der Waals surface area contributed by atoms with Crippen LogP contribution in [0.1, 0.15) is 47.6 Å². The van der Waals surface area contributed by atoms with Gasteiger partial charge in [0.25, 0.3) is 22.2 Å². The van der Waals surface area contributed by atoms with Gasteiger partial charge in [-0.15, -0.1) is 0 Å². The van der Waals surface area contributed by atoms with Crippen molar-refractivity contribution in [2.24, 2.45) is 0 Å². The summed E-state index contributed by atoms with van der Waals surface area (Å²) in [5.74, 6) is -0.972. The molecule has 34 nitrogen and oxygen atoms in total. The van der Waals surface area contributed by atoms with Gasteiger partial charge in [0, 0.05) is 127 Å². The molecule has 0 spiro atoms. The van der Waals surface area contributed by atoms with E-state index in [4.69, 9.17) is 84.8 Å². The summed E-state index contributed by atoms with van der Waals surface area (Å²) in [6, 6.07) is 29.5. The van der Waals surface area contributed by atoms with E-state index in [0.717, 1.165) is 5.56 Å². The van der Waals surface area contributed by atoms with E-state index >= 15 is 0 Å². The Bertz CT molecular complexity index is 3930. The summed E-state index contributed by atoms with van der Waals surface area (Å²) in [4.78, 5) is 96.8. The number of carbonyl (C=O) groups is 3. The van der Waals surface area contributed by atoms with Crippen molar-refractivity contribution in [1.29, 1.82) is 0 Å². The molecule has 0 saturated carbocycles. The van der Waals surface area contributed by atoms with Crippen molar-refractivity contribution in [3.05, 3.63) is 195 Å². The van der Waals surface area contributed by atoms with Gasteiger partial charge in [0.2, 0.25) is 11.8 Å². The first-order valence-electron chi connectivity index (χ1n) is 37.3. The first-order chi connectivity index (χ1) is 54.5. The number of pyridine rings is 4. The number of ether oxygens (including phenoxy) is 13. The Morgan fingerprint density at radius 3 is 1.07 bits per heavy atom. The van der Waals surface area contributed by atoms with Crippen molar-refractivity contribution in [2.75, 3.05) is 216 Å². The predicted molar refractivity (Wildman–Crippen MR) is 409 cm³/mol. The third-order valence-electron chi connectivity index (χ3n) is 17.2. The summed E-state index contributed by atoms with van der Waals surface area (Å²) in [5.41, 5.74) is 0.172. The third kappa shape index (κ3) is 35.9. The molecule has 1 aliphatic rings. The van der Waals surface area contributed by atoms with Crippen LogP contribution in [0.15, 0.2) is 134 Å². The van der Waals surface area contributed by atoms with E-state index in [1.165, 1.54) is 24.3 Å². The molecule has 1 atom stereocenters. The minimum atomic E-state index is -0.628. The summed E-state index contributed by atoms with van der Waals surface area (Å²) in [5, 5.41) is 49.8. The Hall–Kier alpha value is -8.21. The van der Waals surface area contributed by atoms with Crippen LogP contribution < -0.4 is 37.6 Å². The number of carbonyl (C=O) groups excluding carboxylic acids is 3. The molecule has 1 fully saturated rings. The number of halogens is 2. The van der Waals surface area contributed by atoms with Gasteiger partial charge in [-0.3, -0.25) is 53.2 Å². The molecule has 7 rings (SSSR count). The van der Waals surface area contributed by atoms with Crippen LogP contribution in [0.25, 0.3) is 0 Å². The molecule has 0 bridgehead atoms. The highest BCUT2D eigenvalue weighted by molar-refractivity contribution is 6.37. The number of esters is 1. The van der Waals surface area contributed by atoms with E-state index < -0.39 is 34.2 Å². The smallest absolute Gasteiger partial charge is 0.313 e. The molecule has 1 unspecified atom stereocenters. The highest BCUT2D eigenvalue weighted by atomic mass is 35.5. The van der Waals surface area contributed by atoms with Crippen LogP contribution in [-0.4, -0.2) is 294 Å². The van der Waals surface area contributed by atoms with E-state index in [-0.39, 0.29) is 99.4 Å². The molecule has 2 amide bonds. The van der Waals surface area contributed by atoms with Crippen molar-refractivity contribution < 1.29 is 96.8 Å². The molecule has 0 radical (unpaired) electrons. The van der Waals surface area contributed by atoms with Gasteiger partial charge < -0.3 is 93.0 Å². The second-order valence-corrected chi connectivity index (χ2v) is 26.3. The number of hydrogen-bond donors (Lipinski definition) is 6. The van der Waals surface area contributed by atoms with Gasteiger partial charge in [0.05, 0.1) is 198 Å². The van der Waals surface area contributed by atoms with Crippen LogP contribution in [-0.2, 0) is 104 Å². The fraction of sp³-hybridized carbons (Fsp3) is 0.539. The van der Waals surface area contributed by atoms with Crippen LogP contribution in [0.4, 0.5) is 5.69 Å². The van der Waals surface area contributed by atoms with Gasteiger partial charge in [0.15, 0.2) is 5.75 Å². The second kappa shape index (κ2) is 53.7. The molecular formula is C76H106Cl2N10O24. The number of aromatic nitrogens is 4. The average molecular weight is 1610 g/mol. The Balaban J connectivity index is 0.695. The van der Waals surface area contributed by atoms with E-state index in [1.807, 2.05) is 12.1 Å². The van der Waals surface area contributed by atoms with Gasteiger partial charge in [-0.05, 0) is 60.5 Å². The molecule has 2 aromatic carbocycles. The lowest BCUT2D eigenvalue weighted by molar-refractivity contribution is -0.135. The Labute approximate surface area is 659 Å². The van der Waals surface area contributed by atoms with E-state index in [1.54, 1.807) is 78.9 Å². The van der Waals surface area contributed by atoms with E-state index in [2.05, 4.69) is 30.2 Å². The standard InChI is InChI=1S/C76H106Cl2N10O24/c77-67-10-5-11-68(78)76(67)112-75(95)22-31-101-33-35-103-37-39-105-41-43-107-45-47-109-49-51-111-53-52-110-50-48-108-46-44-106-42-40-104-38-36-102-34-32-100-30-21-69(89)79-23-20-70(90)80-61-18-16-60(17-19-61)54-66-58-83(57-64-8-3-14-73(93)87(64)98)27-26-81(55-62-6-1-12-71(91)85(62)96)24-25-82(56-63-7-2-13-72(92)86(63)97)28-29-84(66)59-65-9-4-15-74(94)88(65)99/h1-19,66,96-99H,20-59H2,(H,79,89)(H,80,90). The largest absolute Gasteiger partial charge is 0.425 e. The topological polar surface area (TPSA) is 377 Å². The Kier molecular flexibility index (Phi) is 43.6. The molecule has 6 N–H and O–H groups in total. The fourth-order valence-electron chi connectivity index (χ4n) is 11.3. The van der Waals surface area contributed by atoms with Gasteiger partial charge in [-0.25, -0.2) is 0 Å². The summed E-state index contributed by atoms with van der Waals surface area (Å²) in [6.07, 6.45) is 0.505. The lowest BCUT2D eigenvalue weighted by atomic mass is 10.0. The summed E-state index contributed by atoms with van der Waals surface area (Å²) < 4.78 is 73.8. The number of anilines is 1. The van der Waals surface area contributed by atoms with Gasteiger partial charge in [-0.1, -0.05) is 65.7 Å². The SMILES string of the molecule is O=C(CCOCCOCCOCCOCCOCCOCCOCCOCCOCCOCCOCCOCCC(=O)Oc1c(Cl)cccc1Cl)NCCC(=O)Nc1ccc(CC2CN(Cc3cccc(=O)n3O)CCN(Cc3cccc(=O)n3O)CCN(Cc3cccc(=O)n3O)CCN2Cc2cccc(=O)n2O)cc1. The zero-order chi connectivity index (χ0) is 79.8. The lowest BCUT2D eigenvalue weighted by Gasteiger charge is -2.39. The molecule has 5 heterocycles. The predicted octanol–water partition coefficient (Wildman–Crippen LogP) is 3.55. The van der Waals surface area contributed by atoms with Crippen molar-refractivity contribution in [2.45, 2.75) is 57.9 Å². The highest BCUT2D eigenvalue weighted by Gasteiger charge is 2.28. The molecule has 4 aromatic heterocycles. The van der Waals surface area contributed by atoms with Gasteiger partial charge in [0.1, 0.15) is 0 Å². The maximum Gasteiger partial charge on any atom is 0.313 e. The number of rotatable bonds is 54. The van der Waals surface area contributed by atoms with Crippen molar-refractivity contribution in [3.63, 3.8) is 0 Å². The van der Waals surface area contributed by atoms with Crippen LogP contribution >= 0.6 is 23.2 Å². The molecule has 1 saturated heterocycles. The maximum absolute atomic E-state index is 13.2. The quantitative estimate of drug-likeness (QED) is 0.0138. The first kappa shape index (κ1) is 91.0. The van der Waals surface area contributed by atoms with Crippen LogP contribution in [0.3, 0.4) is 0 Å². The highest BCUT2D eigenvalue weighted by Crippen LogP contribution is 2.32. The van der Waals surface area contributed by atoms with Crippen LogP contribution in [0, 0.1) is 0 Å². The molecule has 0 aliphatic carbocycles. The molecular weight excluding hydrogens is 1510 g/mol. The monoisotopic (exact) mass is 1610 g/mol. The number of nitrogens with zero attached hydrogens (tertiary/aromatic N) is 8. The Morgan fingerprint density at radius 2 is 0.688 bits per heavy atom. The number of hydrogen-bond acceptors (Lipinski definition) is 28. The second-order valence-electron chi connectivity index (χ2n) is 25.5. The molecule has 36 heteroatoms. The maximum atomic E-state index is 13.2. The fourth-order valence-corrected chi connectivity index (χ4v) is 11.8. The normalized spacial score (nSPS) is 14.2. The minimum absolute atomic E-state index is 0.000445. The van der Waals surface area contributed by atoms with Crippen molar-refractivity contribution in [1.82, 2.24) is 43.8 Å². The lowest BCUT2D eigenvalue weighted by Crippen LogP contribution is -2.51. The zero-order valence-electron chi connectivity index (χ0n) is 63.1. The zero-order valence-corrected chi connectivity index (χ0v) is 64.6. The third-order valence-corrected chi connectivity index (χ3v) is 17.8. The van der Waals surface area contributed by atoms with Gasteiger partial charge in [-0.2, -0.15) is 18.9 Å². The number of amides is 2. The number of para-hydroxylation sites is 1. The van der Waals surface area contributed by atoms with Crippen molar-refractivity contribution in [3.8, 4) is 5.75 Å². The summed E-state index contributed by atoms with van der Waals surface area (Å²) in [7, 11) is 0. The van der Waals surface area contributed by atoms with E-state index in [0.29, 0.717) is 238 Å². The number of benzene rings is 2.